The topological polar surface area (TPSA) is 9.23 Å². The monoisotopic (exact) mass is 504 g/mol. The van der Waals surface area contributed by atoms with Crippen LogP contribution in [0.3, 0.4) is 0 Å². The van der Waals surface area contributed by atoms with Crippen molar-refractivity contribution in [3.8, 4) is 5.75 Å². The zero-order valence-corrected chi connectivity index (χ0v) is 20.0. The average Bonchev–Trinajstić information content (AvgIpc) is 2.88. The third-order valence-corrected chi connectivity index (χ3v) is 6.87. The lowest BCUT2D eigenvalue weighted by Crippen LogP contribution is -2.15. The Kier molecular flexibility index (Phi) is 7.76. The second-order valence-corrected chi connectivity index (χ2v) is 9.07. The van der Waals surface area contributed by atoms with Crippen LogP contribution in [0.2, 0.25) is 0 Å². The third-order valence-electron chi connectivity index (χ3n) is 6.87. The summed E-state index contributed by atoms with van der Waals surface area (Å²) in [5.74, 6) is -6.72. The fraction of sp³-hybridized carbons (Fsp3) is 0.310. The minimum atomic E-state index is -1.15. The van der Waals surface area contributed by atoms with Crippen molar-refractivity contribution in [3.63, 3.8) is 0 Å². The van der Waals surface area contributed by atoms with Gasteiger partial charge in [0, 0.05) is 11.1 Å². The Bertz CT molecular complexity index is 1290. The maximum atomic E-state index is 15.0. The predicted octanol–water partition coefficient (Wildman–Crippen LogP) is 8.84. The van der Waals surface area contributed by atoms with Gasteiger partial charge in [-0.2, -0.15) is 4.39 Å². The van der Waals surface area contributed by atoms with Crippen molar-refractivity contribution < 1.29 is 31.1 Å². The summed E-state index contributed by atoms with van der Waals surface area (Å²) in [6.07, 6.45) is 4.41. The summed E-state index contributed by atoms with van der Waals surface area (Å²) in [6, 6.07) is 8.60. The van der Waals surface area contributed by atoms with E-state index >= 15 is 0 Å². The molecule has 0 radical (unpaired) electrons. The van der Waals surface area contributed by atoms with E-state index in [0.717, 1.165) is 0 Å². The Hall–Kier alpha value is -3.22. The molecule has 0 saturated heterocycles. The summed E-state index contributed by atoms with van der Waals surface area (Å²) in [5, 5.41) is 0. The quantitative estimate of drug-likeness (QED) is 0.241. The van der Waals surface area contributed by atoms with Crippen molar-refractivity contribution in [1.82, 2.24) is 0 Å². The Morgan fingerprint density at radius 1 is 0.639 bits per heavy atom. The van der Waals surface area contributed by atoms with Gasteiger partial charge in [-0.25, -0.2) is 22.0 Å². The number of benzene rings is 3. The highest BCUT2D eigenvalue weighted by Gasteiger charge is 2.29. The first-order chi connectivity index (χ1) is 17.2. The Labute approximate surface area is 206 Å². The number of aryl methyl sites for hydroxylation is 1. The van der Waals surface area contributed by atoms with E-state index in [1.807, 2.05) is 0 Å². The van der Waals surface area contributed by atoms with Gasteiger partial charge in [-0.05, 0) is 80.2 Å². The van der Waals surface area contributed by atoms with Crippen LogP contribution in [0.5, 0.6) is 5.75 Å². The predicted molar refractivity (Wildman–Crippen MR) is 128 cm³/mol. The van der Waals surface area contributed by atoms with Gasteiger partial charge in [0.2, 0.25) is 5.82 Å². The zero-order chi connectivity index (χ0) is 26.0. The summed E-state index contributed by atoms with van der Waals surface area (Å²) < 4.78 is 91.5. The van der Waals surface area contributed by atoms with E-state index in [2.05, 4.69) is 0 Å². The molecule has 0 amide bonds. The van der Waals surface area contributed by atoms with Crippen LogP contribution in [0, 0.1) is 41.8 Å². The van der Waals surface area contributed by atoms with Crippen LogP contribution in [0.1, 0.15) is 72.3 Å². The first kappa shape index (κ1) is 25.9. The van der Waals surface area contributed by atoms with Gasteiger partial charge in [-0.3, -0.25) is 0 Å². The van der Waals surface area contributed by atoms with Crippen molar-refractivity contribution >= 4 is 12.2 Å². The van der Waals surface area contributed by atoms with Crippen LogP contribution in [0.4, 0.5) is 26.3 Å². The average molecular weight is 505 g/mol. The van der Waals surface area contributed by atoms with Crippen molar-refractivity contribution in [2.45, 2.75) is 51.4 Å². The molecular formula is C29H26F6O. The molecule has 1 aliphatic rings. The summed E-state index contributed by atoms with van der Waals surface area (Å²) >= 11 is 0. The molecule has 3 aromatic rings. The van der Waals surface area contributed by atoms with E-state index in [1.165, 1.54) is 43.3 Å². The van der Waals surface area contributed by atoms with Gasteiger partial charge >= 0.3 is 0 Å². The number of hydrogen-bond acceptors (Lipinski definition) is 1. The molecule has 0 atom stereocenters. The Morgan fingerprint density at radius 2 is 1.11 bits per heavy atom. The van der Waals surface area contributed by atoms with Crippen LogP contribution in [-0.4, -0.2) is 6.61 Å². The van der Waals surface area contributed by atoms with E-state index in [1.54, 1.807) is 19.1 Å². The zero-order valence-electron chi connectivity index (χ0n) is 20.0. The number of ether oxygens (including phenoxy) is 1. The van der Waals surface area contributed by atoms with Crippen LogP contribution < -0.4 is 4.74 Å². The van der Waals surface area contributed by atoms with Gasteiger partial charge in [-0.15, -0.1) is 0 Å². The molecule has 0 aromatic heterocycles. The number of rotatable bonds is 6. The fourth-order valence-electron chi connectivity index (χ4n) is 4.84. The Morgan fingerprint density at radius 3 is 1.67 bits per heavy atom. The molecule has 1 fully saturated rings. The summed E-state index contributed by atoms with van der Waals surface area (Å²) in [5.41, 5.74) is 0.555. The van der Waals surface area contributed by atoms with Crippen molar-refractivity contribution in [1.29, 1.82) is 0 Å². The summed E-state index contributed by atoms with van der Waals surface area (Å²) in [7, 11) is 0. The van der Waals surface area contributed by atoms with E-state index in [0.29, 0.717) is 31.2 Å². The second kappa shape index (κ2) is 10.8. The largest absolute Gasteiger partial charge is 0.491 e. The second-order valence-electron chi connectivity index (χ2n) is 9.07. The van der Waals surface area contributed by atoms with E-state index in [9.17, 15) is 26.3 Å². The minimum Gasteiger partial charge on any atom is -0.491 e. The molecule has 0 heterocycles. The molecule has 190 valence electrons. The highest BCUT2D eigenvalue weighted by atomic mass is 19.2. The molecule has 1 saturated carbocycles. The molecule has 4 rings (SSSR count). The molecule has 1 aliphatic carbocycles. The van der Waals surface area contributed by atoms with Gasteiger partial charge in [-0.1, -0.05) is 36.4 Å². The van der Waals surface area contributed by atoms with Gasteiger partial charge in [0.15, 0.2) is 34.8 Å². The van der Waals surface area contributed by atoms with Gasteiger partial charge in [0.05, 0.1) is 6.61 Å². The summed E-state index contributed by atoms with van der Waals surface area (Å²) in [6.45, 7) is 3.32. The number of hydrogen-bond donors (Lipinski definition) is 0. The molecule has 3 aromatic carbocycles. The highest BCUT2D eigenvalue weighted by molar-refractivity contribution is 5.70. The Balaban J connectivity index is 1.49. The molecule has 0 bridgehead atoms. The molecule has 0 spiro atoms. The maximum Gasteiger partial charge on any atom is 0.201 e. The molecule has 0 aliphatic heterocycles. The number of halogens is 6. The van der Waals surface area contributed by atoms with Crippen LogP contribution in [-0.2, 0) is 0 Å². The molecule has 36 heavy (non-hydrogen) atoms. The van der Waals surface area contributed by atoms with Crippen LogP contribution in [0.25, 0.3) is 12.2 Å². The smallest absolute Gasteiger partial charge is 0.201 e. The molecule has 7 heteroatoms. The van der Waals surface area contributed by atoms with Gasteiger partial charge < -0.3 is 4.74 Å². The first-order valence-corrected chi connectivity index (χ1v) is 11.9. The van der Waals surface area contributed by atoms with Crippen molar-refractivity contribution in [3.05, 3.63) is 99.1 Å². The van der Waals surface area contributed by atoms with E-state index in [-0.39, 0.29) is 46.4 Å². The highest BCUT2D eigenvalue weighted by Crippen LogP contribution is 2.42. The molecule has 1 nitrogen and oxygen atoms in total. The third kappa shape index (κ3) is 5.01. The van der Waals surface area contributed by atoms with Crippen molar-refractivity contribution in [2.24, 2.45) is 0 Å². The van der Waals surface area contributed by atoms with Gasteiger partial charge in [0.1, 0.15) is 0 Å². The van der Waals surface area contributed by atoms with E-state index < -0.39 is 34.9 Å². The van der Waals surface area contributed by atoms with Gasteiger partial charge in [0.25, 0.3) is 0 Å². The maximum absolute atomic E-state index is 15.0. The fourth-order valence-corrected chi connectivity index (χ4v) is 4.84. The van der Waals surface area contributed by atoms with Crippen LogP contribution in [0.15, 0.2) is 36.4 Å². The lowest BCUT2D eigenvalue weighted by atomic mass is 9.75. The van der Waals surface area contributed by atoms with Crippen molar-refractivity contribution in [2.75, 3.05) is 6.61 Å². The molecule has 0 N–H and O–H groups in total. The van der Waals surface area contributed by atoms with E-state index in [4.69, 9.17) is 4.74 Å². The molecular weight excluding hydrogens is 478 g/mol. The lowest BCUT2D eigenvalue weighted by Gasteiger charge is -2.29. The standard InChI is InChI=1S/C29H26F6O/c1-3-36-23-15-12-20(26(32)29(23)35)10-9-19-11-14-22(28(34)25(19)31)18-7-5-17(6-8-18)21-13-4-16(2)24(30)27(21)33/h4,9-15,17-18H,3,5-8H2,1-2H3/b10-9+. The lowest BCUT2D eigenvalue weighted by molar-refractivity contribution is 0.314. The molecule has 0 unspecified atom stereocenters. The SMILES string of the molecule is CCOc1ccc(/C=C/c2ccc(C3CCC(c4ccc(C)c(F)c4F)CC3)c(F)c2F)c(F)c1F. The summed E-state index contributed by atoms with van der Waals surface area (Å²) in [4.78, 5) is 0. The minimum absolute atomic E-state index is 0.101. The van der Waals surface area contributed by atoms with Crippen LogP contribution >= 0.6 is 0 Å². The normalized spacial score (nSPS) is 18.1. The first-order valence-electron chi connectivity index (χ1n) is 11.9.